The van der Waals surface area contributed by atoms with Crippen LogP contribution in [0.4, 0.5) is 0 Å². The first kappa shape index (κ1) is 24.1. The molecule has 0 saturated carbocycles. The quantitative estimate of drug-likeness (QED) is 0.430. The monoisotopic (exact) mass is 247 g/mol. The molecular weight excluding hydrogens is 233 g/mol. The third-order valence-corrected chi connectivity index (χ3v) is 0.986. The van der Waals surface area contributed by atoms with E-state index < -0.39 is 18.0 Å². The summed E-state index contributed by atoms with van der Waals surface area (Å²) in [7, 11) is 0. The van der Waals surface area contributed by atoms with Gasteiger partial charge in [0.05, 0.1) is 0 Å². The average molecular weight is 247 g/mol. The van der Waals surface area contributed by atoms with Gasteiger partial charge in [-0.05, 0) is 6.42 Å². The van der Waals surface area contributed by atoms with E-state index in [1.807, 2.05) is 0 Å². The van der Waals surface area contributed by atoms with Crippen LogP contribution in [-0.2, 0) is 9.59 Å². The SMILES string of the molecule is N[C@@H](CCC(=O)O)C(=O)O.O.[Ca+2].[H-].[H-].[H-].[K+]. The van der Waals surface area contributed by atoms with Crippen molar-refractivity contribution in [1.29, 1.82) is 0 Å². The molecule has 0 aromatic carbocycles. The summed E-state index contributed by atoms with van der Waals surface area (Å²) in [5.74, 6) is -2.20. The topological polar surface area (TPSA) is 132 Å². The van der Waals surface area contributed by atoms with Gasteiger partial charge in [-0.25, -0.2) is 0 Å². The molecule has 0 unspecified atom stereocenters. The maximum absolute atomic E-state index is 9.99. The van der Waals surface area contributed by atoms with Gasteiger partial charge in [0.25, 0.3) is 0 Å². The summed E-state index contributed by atoms with van der Waals surface area (Å²) in [5.41, 5.74) is 5.00. The maximum atomic E-state index is 9.99. The van der Waals surface area contributed by atoms with Crippen LogP contribution in [0.25, 0.3) is 0 Å². The van der Waals surface area contributed by atoms with Crippen LogP contribution in [0.15, 0.2) is 0 Å². The molecule has 0 fully saturated rings. The molecule has 1 atom stereocenters. The molecule has 0 amide bonds. The van der Waals surface area contributed by atoms with Crippen LogP contribution in [-0.4, -0.2) is 71.4 Å². The summed E-state index contributed by atoms with van der Waals surface area (Å²) in [5, 5.41) is 16.3. The number of hydrogen-bond acceptors (Lipinski definition) is 3. The van der Waals surface area contributed by atoms with Gasteiger partial charge in [-0.3, -0.25) is 9.59 Å². The molecule has 0 aromatic heterocycles. The minimum Gasteiger partial charge on any atom is -1.00 e. The van der Waals surface area contributed by atoms with Crippen LogP contribution in [0.2, 0.25) is 0 Å². The van der Waals surface area contributed by atoms with E-state index in [2.05, 4.69) is 0 Å². The predicted molar refractivity (Wildman–Crippen MR) is 45.2 cm³/mol. The van der Waals surface area contributed by atoms with Crippen molar-refractivity contribution in [2.75, 3.05) is 0 Å². The van der Waals surface area contributed by atoms with Crippen molar-refractivity contribution in [1.82, 2.24) is 0 Å². The summed E-state index contributed by atoms with van der Waals surface area (Å²) in [6, 6.07) is -1.06. The summed E-state index contributed by atoms with van der Waals surface area (Å²) in [4.78, 5) is 19.9. The first-order chi connectivity index (χ1) is 4.54. The fourth-order valence-corrected chi connectivity index (χ4v) is 0.402. The molecule has 72 valence electrons. The number of hydrogen-bond donors (Lipinski definition) is 3. The van der Waals surface area contributed by atoms with Gasteiger partial charge in [0.2, 0.25) is 0 Å². The standard InChI is InChI=1S/C5H9NO4.Ca.K.H2O.3H/c6-3(5(9)10)1-2-4(7)8;;;;;;/h3H,1-2,6H2,(H,7,8)(H,9,10);;;1H2;;;/q;+2;+1;;3*-1/t3-;;;;;;/m0....../s1. The summed E-state index contributed by atoms with van der Waals surface area (Å²) in [6.45, 7) is 0. The van der Waals surface area contributed by atoms with E-state index >= 15 is 0 Å². The molecule has 0 spiro atoms. The minimum atomic E-state index is -1.17. The van der Waals surface area contributed by atoms with Crippen LogP contribution in [0.3, 0.4) is 0 Å². The van der Waals surface area contributed by atoms with E-state index in [9.17, 15) is 9.59 Å². The first-order valence-corrected chi connectivity index (χ1v) is 2.74. The van der Waals surface area contributed by atoms with Crippen molar-refractivity contribution in [2.24, 2.45) is 5.73 Å². The normalized spacial score (nSPS) is 9.62. The summed E-state index contributed by atoms with van der Waals surface area (Å²) >= 11 is 0. The average Bonchev–Trinajstić information content (AvgIpc) is 1.82. The van der Waals surface area contributed by atoms with Crippen LogP contribution >= 0.6 is 0 Å². The Morgan fingerprint density at radius 3 is 2.00 bits per heavy atom. The minimum absolute atomic E-state index is 0. The van der Waals surface area contributed by atoms with E-state index in [4.69, 9.17) is 15.9 Å². The number of carboxylic acids is 2. The van der Waals surface area contributed by atoms with E-state index in [0.717, 1.165) is 0 Å². The van der Waals surface area contributed by atoms with Crippen molar-refractivity contribution in [2.45, 2.75) is 18.9 Å². The molecule has 0 heterocycles. The van der Waals surface area contributed by atoms with Gasteiger partial charge < -0.3 is 25.7 Å². The van der Waals surface area contributed by atoms with Crippen molar-refractivity contribution in [3.05, 3.63) is 0 Å². The Morgan fingerprint density at radius 1 is 1.38 bits per heavy atom. The maximum Gasteiger partial charge on any atom is 2.00 e. The molecule has 0 aliphatic rings. The number of aliphatic carboxylic acids is 2. The molecule has 0 bridgehead atoms. The Hall–Kier alpha value is 1.76. The number of carboxylic acid groups (broad SMARTS) is 2. The molecule has 6 nitrogen and oxygen atoms in total. The number of carbonyl (C=O) groups is 2. The van der Waals surface area contributed by atoms with Crippen LogP contribution in [0, 0.1) is 0 Å². The predicted octanol–water partition coefficient (Wildman–Crippen LogP) is -4.60. The zero-order valence-electron chi connectivity index (χ0n) is 10.5. The number of rotatable bonds is 4. The van der Waals surface area contributed by atoms with Crippen LogP contribution in [0.5, 0.6) is 0 Å². The van der Waals surface area contributed by atoms with Gasteiger partial charge in [-0.15, -0.1) is 0 Å². The largest absolute Gasteiger partial charge is 2.00 e. The van der Waals surface area contributed by atoms with Crippen molar-refractivity contribution in [3.8, 4) is 0 Å². The van der Waals surface area contributed by atoms with Crippen molar-refractivity contribution < 1.29 is 80.9 Å². The molecular formula is C5H14CaKNO5. The third kappa shape index (κ3) is 16.4. The van der Waals surface area contributed by atoms with Gasteiger partial charge in [0.1, 0.15) is 6.04 Å². The van der Waals surface area contributed by atoms with E-state index in [0.29, 0.717) is 0 Å². The smallest absolute Gasteiger partial charge is 1.00 e. The zero-order chi connectivity index (χ0) is 8.15. The van der Waals surface area contributed by atoms with E-state index in [-0.39, 0.29) is 112 Å². The Labute approximate surface area is 152 Å². The second kappa shape index (κ2) is 13.8. The van der Waals surface area contributed by atoms with Gasteiger partial charge in [0, 0.05) is 6.42 Å². The molecule has 13 heavy (non-hydrogen) atoms. The Balaban J connectivity index is -0.0000000270. The van der Waals surface area contributed by atoms with Gasteiger partial charge in [0.15, 0.2) is 0 Å². The molecule has 0 saturated heterocycles. The Kier molecular flexibility index (Phi) is 25.5. The molecule has 0 aliphatic carbocycles. The third-order valence-electron chi connectivity index (χ3n) is 0.986. The molecule has 6 N–H and O–H groups in total. The molecule has 0 rings (SSSR count). The fraction of sp³-hybridized carbons (Fsp3) is 0.600. The second-order valence-electron chi connectivity index (χ2n) is 1.88. The number of nitrogens with two attached hydrogens (primary N) is 1. The summed E-state index contributed by atoms with van der Waals surface area (Å²) < 4.78 is 0. The first-order valence-electron chi connectivity index (χ1n) is 2.74. The van der Waals surface area contributed by atoms with Gasteiger partial charge >= 0.3 is 101 Å². The van der Waals surface area contributed by atoms with E-state index in [1.165, 1.54) is 0 Å². The van der Waals surface area contributed by atoms with Crippen molar-refractivity contribution in [3.63, 3.8) is 0 Å². The second-order valence-corrected chi connectivity index (χ2v) is 1.88. The Bertz CT molecular complexity index is 167. The van der Waals surface area contributed by atoms with Crippen molar-refractivity contribution >= 4 is 49.7 Å². The van der Waals surface area contributed by atoms with Crippen LogP contribution in [0.1, 0.15) is 17.1 Å². The van der Waals surface area contributed by atoms with Gasteiger partial charge in [-0.2, -0.15) is 0 Å². The molecule has 0 aliphatic heterocycles. The Morgan fingerprint density at radius 2 is 1.77 bits per heavy atom. The fourth-order valence-electron chi connectivity index (χ4n) is 0.402. The zero-order valence-corrected chi connectivity index (χ0v) is 12.8. The van der Waals surface area contributed by atoms with Gasteiger partial charge in [-0.1, -0.05) is 0 Å². The van der Waals surface area contributed by atoms with Crippen LogP contribution < -0.4 is 57.1 Å². The summed E-state index contributed by atoms with van der Waals surface area (Å²) in [6.07, 6.45) is -0.224. The molecule has 8 heteroatoms. The molecule has 0 radical (unpaired) electrons. The molecule has 0 aromatic rings. The van der Waals surface area contributed by atoms with E-state index in [1.54, 1.807) is 0 Å².